The van der Waals surface area contributed by atoms with Gasteiger partial charge in [-0.3, -0.25) is 5.32 Å². The standard InChI is InChI=1S/C20H18N4O3/c25-20(23-14-4-2-1-3-5-14)24-19-9-7-16(13-21-19)22-15-6-8-17-18(12-15)27-11-10-26-17/h1-9,12-13,22H,10-11H2,(H2,21,23,24,25). The predicted octanol–water partition coefficient (Wildman–Crippen LogP) is 4.24. The summed E-state index contributed by atoms with van der Waals surface area (Å²) in [7, 11) is 0. The second-order valence-corrected chi connectivity index (χ2v) is 5.86. The minimum absolute atomic E-state index is 0.346. The number of hydrogen-bond donors (Lipinski definition) is 3. The summed E-state index contributed by atoms with van der Waals surface area (Å²) in [6, 6.07) is 18.1. The van der Waals surface area contributed by atoms with Gasteiger partial charge in [-0.1, -0.05) is 18.2 Å². The van der Waals surface area contributed by atoms with Crippen molar-refractivity contribution < 1.29 is 14.3 Å². The third-order valence-electron chi connectivity index (χ3n) is 3.87. The summed E-state index contributed by atoms with van der Waals surface area (Å²) in [5, 5.41) is 8.69. The molecule has 0 aliphatic carbocycles. The number of pyridine rings is 1. The summed E-state index contributed by atoms with van der Waals surface area (Å²) in [5.74, 6) is 1.92. The van der Waals surface area contributed by atoms with Crippen LogP contribution in [-0.2, 0) is 0 Å². The first-order chi connectivity index (χ1) is 13.3. The molecule has 7 heteroatoms. The monoisotopic (exact) mass is 362 g/mol. The highest BCUT2D eigenvalue weighted by Crippen LogP contribution is 2.33. The van der Waals surface area contributed by atoms with Crippen LogP contribution >= 0.6 is 0 Å². The number of carbonyl (C=O) groups excluding carboxylic acids is 1. The van der Waals surface area contributed by atoms with Crippen LogP contribution < -0.4 is 25.4 Å². The third kappa shape index (κ3) is 4.27. The summed E-state index contributed by atoms with van der Waals surface area (Å²) in [6.07, 6.45) is 1.65. The fraction of sp³-hybridized carbons (Fsp3) is 0.100. The summed E-state index contributed by atoms with van der Waals surface area (Å²) < 4.78 is 11.1. The average Bonchev–Trinajstić information content (AvgIpc) is 2.70. The molecule has 1 aliphatic heterocycles. The number of aromatic nitrogens is 1. The Bertz CT molecular complexity index is 930. The lowest BCUT2D eigenvalue weighted by atomic mass is 10.2. The van der Waals surface area contributed by atoms with Crippen LogP contribution in [0.2, 0.25) is 0 Å². The lowest BCUT2D eigenvalue weighted by Crippen LogP contribution is -2.19. The topological polar surface area (TPSA) is 84.5 Å². The van der Waals surface area contributed by atoms with Crippen LogP contribution in [0.15, 0.2) is 66.9 Å². The van der Waals surface area contributed by atoms with Gasteiger partial charge >= 0.3 is 6.03 Å². The maximum atomic E-state index is 12.0. The second kappa shape index (κ2) is 7.65. The number of nitrogens with zero attached hydrogens (tertiary/aromatic N) is 1. The second-order valence-electron chi connectivity index (χ2n) is 5.86. The van der Waals surface area contributed by atoms with Crippen molar-refractivity contribution in [2.45, 2.75) is 0 Å². The van der Waals surface area contributed by atoms with Crippen molar-refractivity contribution in [1.29, 1.82) is 0 Å². The summed E-state index contributed by atoms with van der Waals surface area (Å²) >= 11 is 0. The first-order valence-corrected chi connectivity index (χ1v) is 8.52. The predicted molar refractivity (Wildman–Crippen MR) is 104 cm³/mol. The summed E-state index contributed by atoms with van der Waals surface area (Å²) in [4.78, 5) is 16.2. The van der Waals surface area contributed by atoms with Crippen molar-refractivity contribution in [3.63, 3.8) is 0 Å². The van der Waals surface area contributed by atoms with Crippen molar-refractivity contribution in [2.75, 3.05) is 29.2 Å². The third-order valence-corrected chi connectivity index (χ3v) is 3.87. The fourth-order valence-corrected chi connectivity index (χ4v) is 2.63. The zero-order valence-electron chi connectivity index (χ0n) is 14.4. The van der Waals surface area contributed by atoms with E-state index in [9.17, 15) is 4.79 Å². The van der Waals surface area contributed by atoms with Gasteiger partial charge in [0.05, 0.1) is 11.9 Å². The molecule has 0 bridgehead atoms. The molecule has 0 radical (unpaired) electrons. The maximum absolute atomic E-state index is 12.0. The molecule has 1 aliphatic rings. The SMILES string of the molecule is O=C(Nc1ccccc1)Nc1ccc(Nc2ccc3c(c2)OCCO3)cn1. The number of fused-ring (bicyclic) bond motifs is 1. The van der Waals surface area contributed by atoms with E-state index in [0.717, 1.165) is 22.9 Å². The van der Waals surface area contributed by atoms with Gasteiger partial charge in [-0.05, 0) is 36.4 Å². The average molecular weight is 362 g/mol. The van der Waals surface area contributed by atoms with Gasteiger partial charge in [0, 0.05) is 17.4 Å². The van der Waals surface area contributed by atoms with E-state index in [1.165, 1.54) is 0 Å². The van der Waals surface area contributed by atoms with Crippen LogP contribution in [-0.4, -0.2) is 24.2 Å². The number of amides is 2. The van der Waals surface area contributed by atoms with Crippen LogP contribution in [0.5, 0.6) is 11.5 Å². The molecule has 0 unspecified atom stereocenters. The Morgan fingerprint density at radius 2 is 1.59 bits per heavy atom. The number of benzene rings is 2. The molecule has 136 valence electrons. The minimum atomic E-state index is -0.346. The molecule has 0 saturated heterocycles. The Balaban J connectivity index is 1.37. The Kier molecular flexibility index (Phi) is 4.74. The Morgan fingerprint density at radius 1 is 0.815 bits per heavy atom. The van der Waals surface area contributed by atoms with Gasteiger partial charge in [-0.25, -0.2) is 9.78 Å². The van der Waals surface area contributed by atoms with E-state index >= 15 is 0 Å². The smallest absolute Gasteiger partial charge is 0.324 e. The van der Waals surface area contributed by atoms with Gasteiger partial charge in [0.2, 0.25) is 0 Å². The van der Waals surface area contributed by atoms with Gasteiger partial charge in [0.1, 0.15) is 19.0 Å². The molecule has 1 aromatic heterocycles. The molecule has 3 N–H and O–H groups in total. The van der Waals surface area contributed by atoms with E-state index < -0.39 is 0 Å². The number of hydrogen-bond acceptors (Lipinski definition) is 5. The molecule has 7 nitrogen and oxygen atoms in total. The number of carbonyl (C=O) groups is 1. The number of para-hydroxylation sites is 1. The van der Waals surface area contributed by atoms with Crippen LogP contribution in [0.4, 0.5) is 27.7 Å². The number of nitrogens with one attached hydrogen (secondary N) is 3. The van der Waals surface area contributed by atoms with Crippen LogP contribution in [0.25, 0.3) is 0 Å². The molecule has 0 saturated carbocycles. The highest BCUT2D eigenvalue weighted by atomic mass is 16.6. The maximum Gasteiger partial charge on any atom is 0.324 e. The number of anilines is 4. The van der Waals surface area contributed by atoms with Crippen LogP contribution in [0, 0.1) is 0 Å². The molecule has 2 aromatic carbocycles. The molecular formula is C20H18N4O3. The van der Waals surface area contributed by atoms with Crippen LogP contribution in [0.1, 0.15) is 0 Å². The van der Waals surface area contributed by atoms with Crippen molar-refractivity contribution >= 4 is 28.9 Å². The van der Waals surface area contributed by atoms with Gasteiger partial charge in [-0.15, -0.1) is 0 Å². The van der Waals surface area contributed by atoms with Gasteiger partial charge in [0.15, 0.2) is 11.5 Å². The van der Waals surface area contributed by atoms with E-state index in [1.54, 1.807) is 12.3 Å². The van der Waals surface area contributed by atoms with Gasteiger partial charge in [0.25, 0.3) is 0 Å². The van der Waals surface area contributed by atoms with Crippen molar-refractivity contribution in [2.24, 2.45) is 0 Å². The molecule has 2 heterocycles. The van der Waals surface area contributed by atoms with E-state index in [4.69, 9.17) is 9.47 Å². The Morgan fingerprint density at radius 3 is 2.37 bits per heavy atom. The molecule has 0 fully saturated rings. The fourth-order valence-electron chi connectivity index (χ4n) is 2.63. The summed E-state index contributed by atoms with van der Waals surface area (Å²) in [6.45, 7) is 1.11. The number of rotatable bonds is 4. The quantitative estimate of drug-likeness (QED) is 0.646. The van der Waals surface area contributed by atoms with Crippen molar-refractivity contribution in [1.82, 2.24) is 4.98 Å². The van der Waals surface area contributed by atoms with Crippen molar-refractivity contribution in [3.8, 4) is 11.5 Å². The molecule has 3 aromatic rings. The Labute approximate surface area is 156 Å². The van der Waals surface area contributed by atoms with Gasteiger partial charge in [-0.2, -0.15) is 0 Å². The molecule has 27 heavy (non-hydrogen) atoms. The van der Waals surface area contributed by atoms with E-state index in [1.807, 2.05) is 54.6 Å². The normalized spacial score (nSPS) is 12.1. The molecule has 0 spiro atoms. The lowest BCUT2D eigenvalue weighted by molar-refractivity contribution is 0.171. The van der Waals surface area contributed by atoms with Crippen molar-refractivity contribution in [3.05, 3.63) is 66.9 Å². The molecule has 4 rings (SSSR count). The highest BCUT2D eigenvalue weighted by molar-refractivity contribution is 5.99. The molecular weight excluding hydrogens is 344 g/mol. The van der Waals surface area contributed by atoms with E-state index in [2.05, 4.69) is 20.9 Å². The molecule has 0 atom stereocenters. The van der Waals surface area contributed by atoms with E-state index in [0.29, 0.717) is 24.7 Å². The first-order valence-electron chi connectivity index (χ1n) is 8.52. The molecule has 2 amide bonds. The zero-order valence-corrected chi connectivity index (χ0v) is 14.4. The Hall–Kier alpha value is -3.74. The summed E-state index contributed by atoms with van der Waals surface area (Å²) in [5.41, 5.74) is 2.37. The minimum Gasteiger partial charge on any atom is -0.486 e. The number of ether oxygens (including phenoxy) is 2. The van der Waals surface area contributed by atoms with Crippen LogP contribution in [0.3, 0.4) is 0 Å². The first kappa shape index (κ1) is 16.7. The van der Waals surface area contributed by atoms with E-state index in [-0.39, 0.29) is 6.03 Å². The largest absolute Gasteiger partial charge is 0.486 e. The number of urea groups is 1. The lowest BCUT2D eigenvalue weighted by Gasteiger charge is -2.19. The zero-order chi connectivity index (χ0) is 18.5. The highest BCUT2D eigenvalue weighted by Gasteiger charge is 2.11. The van der Waals surface area contributed by atoms with Gasteiger partial charge < -0.3 is 20.1 Å².